The number of amides is 1. The normalized spacial score (nSPS) is 10.4. The van der Waals surface area contributed by atoms with E-state index in [1.165, 1.54) is 11.8 Å². The van der Waals surface area contributed by atoms with Gasteiger partial charge in [-0.15, -0.1) is 0 Å². The lowest BCUT2D eigenvalue weighted by Crippen LogP contribution is -2.29. The Balaban J connectivity index is 1.81. The van der Waals surface area contributed by atoms with Crippen LogP contribution in [0.4, 0.5) is 0 Å². The first kappa shape index (κ1) is 15.8. The molecule has 1 amide bonds. The van der Waals surface area contributed by atoms with E-state index in [-0.39, 0.29) is 5.76 Å². The molecule has 122 valence electrons. The number of rotatable bonds is 5. The molecule has 1 heterocycles. The summed E-state index contributed by atoms with van der Waals surface area (Å²) in [6, 6.07) is 17.3. The van der Waals surface area contributed by atoms with Gasteiger partial charge in [0, 0.05) is 5.56 Å². The van der Waals surface area contributed by atoms with Crippen molar-refractivity contribution in [1.82, 2.24) is 5.43 Å². The second kappa shape index (κ2) is 7.02. The molecule has 1 aromatic heterocycles. The Bertz CT molecular complexity index is 855. The third-order valence-corrected chi connectivity index (χ3v) is 3.80. The number of nitrogen functional groups attached to an aromatic ring is 1. The summed E-state index contributed by atoms with van der Waals surface area (Å²) in [5.74, 6) is 5.60. The fourth-order valence-corrected chi connectivity index (χ4v) is 2.46. The Kier molecular flexibility index (Phi) is 4.63. The second-order valence-corrected chi connectivity index (χ2v) is 5.38. The predicted octanol–water partition coefficient (Wildman–Crippen LogP) is 3.44. The first-order valence-electron chi connectivity index (χ1n) is 7.55. The van der Waals surface area contributed by atoms with Crippen LogP contribution >= 0.6 is 0 Å². The van der Waals surface area contributed by atoms with E-state index in [9.17, 15) is 4.79 Å². The quantitative estimate of drug-likeness (QED) is 0.428. The van der Waals surface area contributed by atoms with Crippen molar-refractivity contribution in [2.24, 2.45) is 5.84 Å². The number of aryl methyl sites for hydroxylation is 1. The van der Waals surface area contributed by atoms with E-state index >= 15 is 0 Å². The standard InChI is InChI=1S/C19H18N2O3/c1-13-5-2-3-6-15(13)12-24-16-8-4-7-14(11-16)17-9-10-23-18(17)19(22)21-20/h2-11H,12,20H2,1H3,(H,21,22). The van der Waals surface area contributed by atoms with E-state index < -0.39 is 5.91 Å². The summed E-state index contributed by atoms with van der Waals surface area (Å²) >= 11 is 0. The third-order valence-electron chi connectivity index (χ3n) is 3.80. The van der Waals surface area contributed by atoms with E-state index in [1.54, 1.807) is 6.07 Å². The van der Waals surface area contributed by atoms with E-state index in [0.29, 0.717) is 12.2 Å². The zero-order valence-electron chi connectivity index (χ0n) is 13.3. The Labute approximate surface area is 140 Å². The first-order valence-corrected chi connectivity index (χ1v) is 7.55. The Hall–Kier alpha value is -3.05. The Morgan fingerprint density at radius 1 is 1.17 bits per heavy atom. The Morgan fingerprint density at radius 3 is 2.79 bits per heavy atom. The molecule has 0 fully saturated rings. The highest BCUT2D eigenvalue weighted by Crippen LogP contribution is 2.28. The molecule has 5 nitrogen and oxygen atoms in total. The molecule has 2 aromatic carbocycles. The molecule has 3 rings (SSSR count). The van der Waals surface area contributed by atoms with Crippen molar-refractivity contribution in [3.8, 4) is 16.9 Å². The van der Waals surface area contributed by atoms with Crippen LogP contribution in [0.15, 0.2) is 65.3 Å². The van der Waals surface area contributed by atoms with Crippen LogP contribution < -0.4 is 16.0 Å². The minimum absolute atomic E-state index is 0.175. The number of hydrogen-bond donors (Lipinski definition) is 2. The van der Waals surface area contributed by atoms with Crippen LogP contribution in [0.2, 0.25) is 0 Å². The van der Waals surface area contributed by atoms with E-state index in [1.807, 2.05) is 42.5 Å². The summed E-state index contributed by atoms with van der Waals surface area (Å²) in [7, 11) is 0. The molecule has 0 saturated carbocycles. The molecule has 24 heavy (non-hydrogen) atoms. The summed E-state index contributed by atoms with van der Waals surface area (Å²) in [5, 5.41) is 0. The van der Waals surface area contributed by atoms with Gasteiger partial charge in [-0.25, -0.2) is 5.84 Å². The molecule has 3 N–H and O–H groups in total. The SMILES string of the molecule is Cc1ccccc1COc1cccc(-c2ccoc2C(=O)NN)c1. The van der Waals surface area contributed by atoms with Gasteiger partial charge in [-0.1, -0.05) is 36.4 Å². The topological polar surface area (TPSA) is 77.5 Å². The van der Waals surface area contributed by atoms with Crippen molar-refractivity contribution in [2.75, 3.05) is 0 Å². The average Bonchev–Trinajstić information content (AvgIpc) is 3.10. The van der Waals surface area contributed by atoms with E-state index in [2.05, 4.69) is 18.4 Å². The summed E-state index contributed by atoms with van der Waals surface area (Å²) < 4.78 is 11.1. The maximum absolute atomic E-state index is 11.7. The number of carbonyl (C=O) groups excluding carboxylic acids is 1. The van der Waals surface area contributed by atoms with Crippen LogP contribution in [0.5, 0.6) is 5.75 Å². The number of ether oxygens (including phenoxy) is 1. The van der Waals surface area contributed by atoms with Gasteiger partial charge in [0.25, 0.3) is 0 Å². The number of furan rings is 1. The van der Waals surface area contributed by atoms with E-state index in [4.69, 9.17) is 15.0 Å². The monoisotopic (exact) mass is 322 g/mol. The molecule has 0 bridgehead atoms. The van der Waals surface area contributed by atoms with Crippen LogP contribution in [0, 0.1) is 6.92 Å². The van der Waals surface area contributed by atoms with Gasteiger partial charge in [-0.2, -0.15) is 0 Å². The molecule has 0 atom stereocenters. The van der Waals surface area contributed by atoms with Crippen molar-refractivity contribution in [3.63, 3.8) is 0 Å². The van der Waals surface area contributed by atoms with Gasteiger partial charge in [0.2, 0.25) is 0 Å². The van der Waals surface area contributed by atoms with Crippen molar-refractivity contribution in [1.29, 1.82) is 0 Å². The minimum Gasteiger partial charge on any atom is -0.489 e. The maximum Gasteiger partial charge on any atom is 0.301 e. The summed E-state index contributed by atoms with van der Waals surface area (Å²) in [4.78, 5) is 11.7. The van der Waals surface area contributed by atoms with Crippen molar-refractivity contribution >= 4 is 5.91 Å². The van der Waals surface area contributed by atoms with Crippen LogP contribution in [-0.2, 0) is 6.61 Å². The van der Waals surface area contributed by atoms with Gasteiger partial charge in [-0.05, 0) is 41.8 Å². The van der Waals surface area contributed by atoms with Gasteiger partial charge >= 0.3 is 5.91 Å². The molecule has 0 aliphatic carbocycles. The third kappa shape index (κ3) is 3.31. The average molecular weight is 322 g/mol. The smallest absolute Gasteiger partial charge is 0.301 e. The van der Waals surface area contributed by atoms with Crippen LogP contribution in [0.1, 0.15) is 21.7 Å². The molecule has 3 aromatic rings. The highest BCUT2D eigenvalue weighted by Gasteiger charge is 2.16. The summed E-state index contributed by atoms with van der Waals surface area (Å²) in [6.07, 6.45) is 1.46. The molecular weight excluding hydrogens is 304 g/mol. The zero-order valence-corrected chi connectivity index (χ0v) is 13.3. The molecule has 0 aliphatic rings. The fourth-order valence-electron chi connectivity index (χ4n) is 2.46. The fraction of sp³-hybridized carbons (Fsp3) is 0.105. The van der Waals surface area contributed by atoms with Gasteiger partial charge in [-0.3, -0.25) is 10.2 Å². The second-order valence-electron chi connectivity index (χ2n) is 5.38. The molecule has 0 saturated heterocycles. The molecule has 0 spiro atoms. The summed E-state index contributed by atoms with van der Waals surface area (Å²) in [5.41, 5.74) is 5.89. The predicted molar refractivity (Wildman–Crippen MR) is 91.3 cm³/mol. The van der Waals surface area contributed by atoms with Crippen molar-refractivity contribution < 1.29 is 13.9 Å². The van der Waals surface area contributed by atoms with Gasteiger partial charge in [0.05, 0.1) is 6.26 Å². The number of hydrogen-bond acceptors (Lipinski definition) is 4. The van der Waals surface area contributed by atoms with Gasteiger partial charge in [0.1, 0.15) is 12.4 Å². The minimum atomic E-state index is -0.471. The molecule has 5 heteroatoms. The molecule has 0 unspecified atom stereocenters. The molecule has 0 aliphatic heterocycles. The number of nitrogens with one attached hydrogen (secondary N) is 1. The van der Waals surface area contributed by atoms with Crippen LogP contribution in [0.3, 0.4) is 0 Å². The van der Waals surface area contributed by atoms with Crippen molar-refractivity contribution in [3.05, 3.63) is 77.7 Å². The lowest BCUT2D eigenvalue weighted by atomic mass is 10.1. The van der Waals surface area contributed by atoms with Crippen LogP contribution in [-0.4, -0.2) is 5.91 Å². The largest absolute Gasteiger partial charge is 0.489 e. The maximum atomic E-state index is 11.7. The highest BCUT2D eigenvalue weighted by molar-refractivity contribution is 5.97. The van der Waals surface area contributed by atoms with Crippen molar-refractivity contribution in [2.45, 2.75) is 13.5 Å². The van der Waals surface area contributed by atoms with Crippen LogP contribution in [0.25, 0.3) is 11.1 Å². The molecular formula is C19H18N2O3. The number of nitrogens with two attached hydrogens (primary N) is 1. The highest BCUT2D eigenvalue weighted by atomic mass is 16.5. The number of carbonyl (C=O) groups is 1. The Morgan fingerprint density at radius 2 is 2.00 bits per heavy atom. The molecule has 0 radical (unpaired) electrons. The van der Waals surface area contributed by atoms with Gasteiger partial charge < -0.3 is 9.15 Å². The zero-order chi connectivity index (χ0) is 16.9. The van der Waals surface area contributed by atoms with E-state index in [0.717, 1.165) is 16.9 Å². The van der Waals surface area contributed by atoms with Gasteiger partial charge in [0.15, 0.2) is 5.76 Å². The number of hydrazine groups is 1. The summed E-state index contributed by atoms with van der Waals surface area (Å²) in [6.45, 7) is 2.54. The number of benzene rings is 2. The lowest BCUT2D eigenvalue weighted by Gasteiger charge is -2.10. The first-order chi connectivity index (χ1) is 11.7. The lowest BCUT2D eigenvalue weighted by molar-refractivity contribution is 0.0927.